The predicted octanol–water partition coefficient (Wildman–Crippen LogP) is 4.41. The first-order valence-electron chi connectivity index (χ1n) is 3.78. The van der Waals surface area contributed by atoms with Crippen molar-refractivity contribution in [2.45, 2.75) is 19.0 Å². The molecule has 0 aromatic heterocycles. The number of benzene rings is 1. The molecule has 0 saturated heterocycles. The molecule has 0 radical (unpaired) electrons. The van der Waals surface area contributed by atoms with Gasteiger partial charge in [-0.25, -0.2) is 0 Å². The third-order valence-electron chi connectivity index (χ3n) is 1.83. The zero-order chi connectivity index (χ0) is 10.9. The average Bonchev–Trinajstić information content (AvgIpc) is 2.07. The lowest BCUT2D eigenvalue weighted by molar-refractivity contribution is -0.138. The Balaban J connectivity index is 3.35. The van der Waals surface area contributed by atoms with E-state index in [0.717, 1.165) is 6.07 Å². The number of aryl methyl sites for hydroxylation is 1. The Morgan fingerprint density at radius 1 is 1.29 bits per heavy atom. The lowest BCUT2D eigenvalue weighted by Crippen LogP contribution is -2.09. The number of hydrogen-bond acceptors (Lipinski definition) is 0. The Morgan fingerprint density at radius 3 is 2.29 bits per heavy atom. The molecular weight excluding hydrogens is 236 g/mol. The standard InChI is InChI=1S/C9H7Cl2F3/c1-5-2-7(9(12,13)14)6(4-10)3-8(5)11/h2-3H,4H2,1H3. The van der Waals surface area contributed by atoms with Crippen LogP contribution in [0.4, 0.5) is 13.2 Å². The van der Waals surface area contributed by atoms with Gasteiger partial charge in [0.15, 0.2) is 0 Å². The van der Waals surface area contributed by atoms with Crippen LogP contribution < -0.4 is 0 Å². The van der Waals surface area contributed by atoms with E-state index in [1.165, 1.54) is 13.0 Å². The van der Waals surface area contributed by atoms with Crippen molar-refractivity contribution >= 4 is 23.2 Å². The van der Waals surface area contributed by atoms with Gasteiger partial charge in [0.25, 0.3) is 0 Å². The molecule has 1 aromatic carbocycles. The highest BCUT2D eigenvalue weighted by atomic mass is 35.5. The van der Waals surface area contributed by atoms with Gasteiger partial charge in [-0.1, -0.05) is 11.6 Å². The largest absolute Gasteiger partial charge is 0.416 e. The molecule has 0 atom stereocenters. The summed E-state index contributed by atoms with van der Waals surface area (Å²) in [4.78, 5) is 0. The van der Waals surface area contributed by atoms with Crippen LogP contribution in [0.1, 0.15) is 16.7 Å². The Kier molecular flexibility index (Phi) is 3.32. The molecule has 0 aliphatic carbocycles. The van der Waals surface area contributed by atoms with Crippen LogP contribution in [0, 0.1) is 6.92 Å². The van der Waals surface area contributed by atoms with Gasteiger partial charge in [0.1, 0.15) is 0 Å². The fraction of sp³-hybridized carbons (Fsp3) is 0.333. The summed E-state index contributed by atoms with van der Waals surface area (Å²) in [7, 11) is 0. The van der Waals surface area contributed by atoms with Gasteiger partial charge in [0, 0.05) is 10.9 Å². The quantitative estimate of drug-likeness (QED) is 0.641. The molecule has 0 nitrogen and oxygen atoms in total. The Labute approximate surface area is 89.6 Å². The molecule has 0 aliphatic heterocycles. The molecular formula is C9H7Cl2F3. The molecule has 0 spiro atoms. The normalized spacial score (nSPS) is 11.9. The van der Waals surface area contributed by atoms with E-state index in [0.29, 0.717) is 10.6 Å². The number of rotatable bonds is 1. The van der Waals surface area contributed by atoms with E-state index in [2.05, 4.69) is 0 Å². The van der Waals surface area contributed by atoms with Gasteiger partial charge >= 0.3 is 6.18 Å². The van der Waals surface area contributed by atoms with Gasteiger partial charge in [-0.05, 0) is 30.2 Å². The number of alkyl halides is 4. The minimum absolute atomic E-state index is 0.00904. The van der Waals surface area contributed by atoms with E-state index in [-0.39, 0.29) is 11.4 Å². The molecule has 14 heavy (non-hydrogen) atoms. The molecule has 0 amide bonds. The zero-order valence-electron chi connectivity index (χ0n) is 7.25. The summed E-state index contributed by atoms with van der Waals surface area (Å²) >= 11 is 11.1. The highest BCUT2D eigenvalue weighted by molar-refractivity contribution is 6.31. The van der Waals surface area contributed by atoms with Crippen molar-refractivity contribution in [1.29, 1.82) is 0 Å². The van der Waals surface area contributed by atoms with Gasteiger partial charge in [0.05, 0.1) is 5.56 Å². The molecule has 0 bridgehead atoms. The third-order valence-corrected chi connectivity index (χ3v) is 2.53. The van der Waals surface area contributed by atoms with Crippen LogP contribution in [0.15, 0.2) is 12.1 Å². The maximum absolute atomic E-state index is 12.4. The first kappa shape index (κ1) is 11.7. The van der Waals surface area contributed by atoms with E-state index < -0.39 is 11.7 Å². The van der Waals surface area contributed by atoms with Gasteiger partial charge in [-0.3, -0.25) is 0 Å². The second kappa shape index (κ2) is 3.99. The van der Waals surface area contributed by atoms with E-state index in [1.807, 2.05) is 0 Å². The van der Waals surface area contributed by atoms with Crippen molar-refractivity contribution in [1.82, 2.24) is 0 Å². The van der Waals surface area contributed by atoms with Crippen LogP contribution in [-0.2, 0) is 12.1 Å². The second-order valence-corrected chi connectivity index (χ2v) is 3.56. The molecule has 0 N–H and O–H groups in total. The summed E-state index contributed by atoms with van der Waals surface area (Å²) in [6, 6.07) is 2.27. The summed E-state index contributed by atoms with van der Waals surface area (Å²) in [6.45, 7) is 1.52. The smallest absolute Gasteiger partial charge is 0.166 e. The Morgan fingerprint density at radius 2 is 1.86 bits per heavy atom. The molecule has 0 unspecified atom stereocenters. The lowest BCUT2D eigenvalue weighted by Gasteiger charge is -2.12. The minimum atomic E-state index is -4.38. The third kappa shape index (κ3) is 2.34. The van der Waals surface area contributed by atoms with Crippen molar-refractivity contribution in [3.8, 4) is 0 Å². The maximum Gasteiger partial charge on any atom is 0.416 e. The fourth-order valence-electron chi connectivity index (χ4n) is 1.10. The van der Waals surface area contributed by atoms with E-state index >= 15 is 0 Å². The maximum atomic E-state index is 12.4. The highest BCUT2D eigenvalue weighted by Gasteiger charge is 2.33. The SMILES string of the molecule is Cc1cc(C(F)(F)F)c(CCl)cc1Cl. The van der Waals surface area contributed by atoms with Crippen molar-refractivity contribution in [3.05, 3.63) is 33.8 Å². The van der Waals surface area contributed by atoms with Gasteiger partial charge in [-0.15, -0.1) is 11.6 Å². The lowest BCUT2D eigenvalue weighted by atomic mass is 10.1. The van der Waals surface area contributed by atoms with Crippen molar-refractivity contribution in [2.75, 3.05) is 0 Å². The highest BCUT2D eigenvalue weighted by Crippen LogP contribution is 2.35. The molecule has 0 heterocycles. The van der Waals surface area contributed by atoms with Gasteiger partial charge in [0.2, 0.25) is 0 Å². The monoisotopic (exact) mass is 242 g/mol. The predicted molar refractivity (Wildman–Crippen MR) is 50.7 cm³/mol. The first-order chi connectivity index (χ1) is 6.36. The molecule has 1 rings (SSSR count). The molecule has 0 fully saturated rings. The average molecular weight is 243 g/mol. The van der Waals surface area contributed by atoms with E-state index in [4.69, 9.17) is 23.2 Å². The summed E-state index contributed by atoms with van der Waals surface area (Å²) in [6.07, 6.45) is -4.38. The second-order valence-electron chi connectivity index (χ2n) is 2.89. The summed E-state index contributed by atoms with van der Waals surface area (Å²) in [5.41, 5.74) is -0.308. The minimum Gasteiger partial charge on any atom is -0.166 e. The van der Waals surface area contributed by atoms with Crippen molar-refractivity contribution < 1.29 is 13.2 Å². The molecule has 1 aromatic rings. The van der Waals surface area contributed by atoms with E-state index in [9.17, 15) is 13.2 Å². The van der Waals surface area contributed by atoms with Crippen LogP contribution in [0.5, 0.6) is 0 Å². The summed E-state index contributed by atoms with van der Waals surface area (Å²) in [5, 5.41) is 0.300. The number of halogens is 5. The van der Waals surface area contributed by atoms with E-state index in [1.54, 1.807) is 0 Å². The van der Waals surface area contributed by atoms with Gasteiger partial charge < -0.3 is 0 Å². The Hall–Kier alpha value is -0.410. The fourth-order valence-corrected chi connectivity index (χ4v) is 1.50. The van der Waals surface area contributed by atoms with Gasteiger partial charge in [-0.2, -0.15) is 13.2 Å². The number of hydrogen-bond donors (Lipinski definition) is 0. The van der Waals surface area contributed by atoms with Crippen LogP contribution in [0.2, 0.25) is 5.02 Å². The van der Waals surface area contributed by atoms with Crippen LogP contribution in [-0.4, -0.2) is 0 Å². The molecule has 5 heteroatoms. The van der Waals surface area contributed by atoms with Crippen LogP contribution in [0.25, 0.3) is 0 Å². The molecule has 78 valence electrons. The van der Waals surface area contributed by atoms with Crippen LogP contribution >= 0.6 is 23.2 Å². The Bertz CT molecular complexity index is 345. The first-order valence-corrected chi connectivity index (χ1v) is 4.69. The van der Waals surface area contributed by atoms with Crippen LogP contribution in [0.3, 0.4) is 0 Å². The molecule has 0 saturated carbocycles. The topological polar surface area (TPSA) is 0 Å². The molecule has 0 aliphatic rings. The van der Waals surface area contributed by atoms with Crippen molar-refractivity contribution in [2.24, 2.45) is 0 Å². The summed E-state index contributed by atoms with van der Waals surface area (Å²) in [5.74, 6) is -0.200. The van der Waals surface area contributed by atoms with Crippen molar-refractivity contribution in [3.63, 3.8) is 0 Å². The zero-order valence-corrected chi connectivity index (χ0v) is 8.76. The summed E-state index contributed by atoms with van der Waals surface area (Å²) < 4.78 is 37.3.